The number of nitrogens with zero attached hydrogens (tertiary/aromatic N) is 2. The number of amides is 2. The van der Waals surface area contributed by atoms with Crippen LogP contribution in [0.2, 0.25) is 0 Å². The van der Waals surface area contributed by atoms with Crippen LogP contribution in [0.25, 0.3) is 0 Å². The molecular weight excluding hydrogens is 302 g/mol. The predicted octanol–water partition coefficient (Wildman–Crippen LogP) is 0.217. The van der Waals surface area contributed by atoms with Crippen molar-refractivity contribution in [1.82, 2.24) is 15.1 Å². The molecule has 0 radical (unpaired) electrons. The van der Waals surface area contributed by atoms with E-state index in [1.807, 2.05) is 20.8 Å². The summed E-state index contributed by atoms with van der Waals surface area (Å²) in [6, 6.07) is -0.535. The number of methoxy groups -OCH3 is 1. The maximum Gasteiger partial charge on any atom is 0.410 e. The highest BCUT2D eigenvalue weighted by Crippen LogP contribution is 2.11. The van der Waals surface area contributed by atoms with E-state index < -0.39 is 17.6 Å². The van der Waals surface area contributed by atoms with Crippen LogP contribution in [0.1, 0.15) is 27.7 Å². The Morgan fingerprint density at radius 3 is 2.09 bits per heavy atom. The molecule has 23 heavy (non-hydrogen) atoms. The minimum atomic E-state index is -0.535. The summed E-state index contributed by atoms with van der Waals surface area (Å²) in [7, 11) is 1.30. The third kappa shape index (κ3) is 6.43. The van der Waals surface area contributed by atoms with Gasteiger partial charge in [-0.3, -0.25) is 14.9 Å². The maximum absolute atomic E-state index is 12.1. The third-order valence-electron chi connectivity index (χ3n) is 3.40. The van der Waals surface area contributed by atoms with Crippen LogP contribution in [0.15, 0.2) is 0 Å². The van der Waals surface area contributed by atoms with E-state index in [0.717, 1.165) is 0 Å². The highest BCUT2D eigenvalue weighted by Gasteiger charge is 2.27. The van der Waals surface area contributed by atoms with Gasteiger partial charge in [0, 0.05) is 26.2 Å². The summed E-state index contributed by atoms with van der Waals surface area (Å²) in [4.78, 5) is 38.6. The average Bonchev–Trinajstić information content (AvgIpc) is 2.49. The molecule has 0 saturated carbocycles. The Hall–Kier alpha value is -1.83. The van der Waals surface area contributed by atoms with Crippen molar-refractivity contribution < 1.29 is 23.9 Å². The average molecular weight is 329 g/mol. The van der Waals surface area contributed by atoms with Crippen molar-refractivity contribution in [2.45, 2.75) is 39.3 Å². The number of rotatable bonds is 4. The van der Waals surface area contributed by atoms with Crippen LogP contribution in [-0.4, -0.2) is 79.2 Å². The molecule has 1 unspecified atom stereocenters. The molecule has 1 N–H and O–H groups in total. The molecule has 1 heterocycles. The highest BCUT2D eigenvalue weighted by molar-refractivity contribution is 5.80. The first-order chi connectivity index (χ1) is 10.6. The molecule has 0 aliphatic carbocycles. The molecule has 8 heteroatoms. The SMILES string of the molecule is COC(=O)C(C)NCC(=O)N1CCN(C(=O)OC(C)(C)C)CC1. The van der Waals surface area contributed by atoms with Gasteiger partial charge >= 0.3 is 12.1 Å². The van der Waals surface area contributed by atoms with Crippen LogP contribution >= 0.6 is 0 Å². The van der Waals surface area contributed by atoms with E-state index in [1.165, 1.54) is 7.11 Å². The molecule has 0 aromatic rings. The van der Waals surface area contributed by atoms with Crippen LogP contribution in [0, 0.1) is 0 Å². The summed E-state index contributed by atoms with van der Waals surface area (Å²) in [6.45, 7) is 8.93. The lowest BCUT2D eigenvalue weighted by atomic mass is 10.2. The minimum absolute atomic E-state index is 0.0582. The van der Waals surface area contributed by atoms with E-state index in [0.29, 0.717) is 26.2 Å². The summed E-state index contributed by atoms with van der Waals surface area (Å²) in [6.07, 6.45) is -0.359. The van der Waals surface area contributed by atoms with Crippen LogP contribution in [0.3, 0.4) is 0 Å². The van der Waals surface area contributed by atoms with E-state index in [1.54, 1.807) is 16.7 Å². The Bertz CT molecular complexity index is 439. The molecule has 0 aromatic carbocycles. The minimum Gasteiger partial charge on any atom is -0.468 e. The Labute approximate surface area is 137 Å². The molecular formula is C15H27N3O5. The van der Waals surface area contributed by atoms with E-state index in [2.05, 4.69) is 10.1 Å². The van der Waals surface area contributed by atoms with Crippen molar-refractivity contribution >= 4 is 18.0 Å². The molecule has 1 rings (SSSR count). The van der Waals surface area contributed by atoms with E-state index in [9.17, 15) is 14.4 Å². The number of hydrogen-bond donors (Lipinski definition) is 1. The summed E-state index contributed by atoms with van der Waals surface area (Å²) >= 11 is 0. The number of carbonyl (C=O) groups excluding carboxylic acids is 3. The van der Waals surface area contributed by atoms with Gasteiger partial charge in [0.15, 0.2) is 0 Å². The molecule has 1 saturated heterocycles. The monoisotopic (exact) mass is 329 g/mol. The zero-order valence-corrected chi connectivity index (χ0v) is 14.5. The van der Waals surface area contributed by atoms with E-state index in [-0.39, 0.29) is 18.5 Å². The summed E-state index contributed by atoms with van der Waals surface area (Å²) in [5, 5.41) is 2.82. The Kier molecular flexibility index (Phi) is 6.80. The van der Waals surface area contributed by atoms with Crippen molar-refractivity contribution in [3.63, 3.8) is 0 Å². The predicted molar refractivity (Wildman–Crippen MR) is 83.9 cm³/mol. The van der Waals surface area contributed by atoms with E-state index in [4.69, 9.17) is 4.74 Å². The van der Waals surface area contributed by atoms with Crippen LogP contribution in [0.5, 0.6) is 0 Å². The van der Waals surface area contributed by atoms with Gasteiger partial charge in [-0.15, -0.1) is 0 Å². The van der Waals surface area contributed by atoms with Crippen molar-refractivity contribution in [1.29, 1.82) is 0 Å². The molecule has 1 atom stereocenters. The fourth-order valence-corrected chi connectivity index (χ4v) is 2.08. The Balaban J connectivity index is 2.36. The quantitative estimate of drug-likeness (QED) is 0.742. The molecule has 1 aliphatic heterocycles. The largest absolute Gasteiger partial charge is 0.468 e. The van der Waals surface area contributed by atoms with E-state index >= 15 is 0 Å². The van der Waals surface area contributed by atoms with Crippen molar-refractivity contribution in [3.05, 3.63) is 0 Å². The second kappa shape index (κ2) is 8.14. The second-order valence-corrected chi connectivity index (χ2v) is 6.47. The number of carbonyl (C=O) groups is 3. The molecule has 0 spiro atoms. The smallest absolute Gasteiger partial charge is 0.410 e. The zero-order chi connectivity index (χ0) is 17.6. The number of ether oxygens (including phenoxy) is 2. The molecule has 1 aliphatic rings. The zero-order valence-electron chi connectivity index (χ0n) is 14.5. The van der Waals surface area contributed by atoms with Gasteiger partial charge in [-0.2, -0.15) is 0 Å². The Morgan fingerprint density at radius 2 is 1.61 bits per heavy atom. The molecule has 0 aromatic heterocycles. The molecule has 132 valence electrons. The van der Waals surface area contributed by atoms with Gasteiger partial charge in [-0.25, -0.2) is 4.79 Å². The van der Waals surface area contributed by atoms with Gasteiger partial charge in [0.2, 0.25) is 5.91 Å². The number of esters is 1. The topological polar surface area (TPSA) is 88.2 Å². The van der Waals surface area contributed by atoms with Gasteiger partial charge in [-0.05, 0) is 27.7 Å². The van der Waals surface area contributed by atoms with Crippen LogP contribution < -0.4 is 5.32 Å². The van der Waals surface area contributed by atoms with Crippen LogP contribution in [-0.2, 0) is 19.1 Å². The third-order valence-corrected chi connectivity index (χ3v) is 3.40. The van der Waals surface area contributed by atoms with Gasteiger partial charge in [0.05, 0.1) is 13.7 Å². The first-order valence-electron chi connectivity index (χ1n) is 7.71. The van der Waals surface area contributed by atoms with Crippen LogP contribution in [0.4, 0.5) is 4.79 Å². The van der Waals surface area contributed by atoms with Gasteiger partial charge in [0.1, 0.15) is 11.6 Å². The number of piperazine rings is 1. The van der Waals surface area contributed by atoms with Gasteiger partial charge < -0.3 is 19.3 Å². The lowest BCUT2D eigenvalue weighted by Crippen LogP contribution is -2.53. The normalized spacial score (nSPS) is 16.7. The molecule has 8 nitrogen and oxygen atoms in total. The molecule has 2 amide bonds. The maximum atomic E-state index is 12.1. The first-order valence-corrected chi connectivity index (χ1v) is 7.71. The summed E-state index contributed by atoms with van der Waals surface area (Å²) in [5.74, 6) is -0.517. The standard InChI is InChI=1S/C15H27N3O5/c1-11(13(20)22-5)16-10-12(19)17-6-8-18(9-7-17)14(21)23-15(2,3)4/h11,16H,6-10H2,1-5H3. The molecule has 0 bridgehead atoms. The first kappa shape index (κ1) is 19.2. The number of nitrogens with one attached hydrogen (secondary N) is 1. The Morgan fingerprint density at radius 1 is 1.09 bits per heavy atom. The lowest BCUT2D eigenvalue weighted by Gasteiger charge is -2.35. The highest BCUT2D eigenvalue weighted by atomic mass is 16.6. The van der Waals surface area contributed by atoms with Crippen molar-refractivity contribution in [2.75, 3.05) is 39.8 Å². The van der Waals surface area contributed by atoms with Gasteiger partial charge in [0.25, 0.3) is 0 Å². The second-order valence-electron chi connectivity index (χ2n) is 6.47. The van der Waals surface area contributed by atoms with Crippen molar-refractivity contribution in [2.24, 2.45) is 0 Å². The number of hydrogen-bond acceptors (Lipinski definition) is 6. The fraction of sp³-hybridized carbons (Fsp3) is 0.800. The lowest BCUT2D eigenvalue weighted by molar-refractivity contribution is -0.142. The van der Waals surface area contributed by atoms with Crippen molar-refractivity contribution in [3.8, 4) is 0 Å². The molecule has 1 fully saturated rings. The summed E-state index contributed by atoms with van der Waals surface area (Å²) < 4.78 is 9.90. The summed E-state index contributed by atoms with van der Waals surface area (Å²) in [5.41, 5.74) is -0.530. The van der Waals surface area contributed by atoms with Gasteiger partial charge in [-0.1, -0.05) is 0 Å². The fourth-order valence-electron chi connectivity index (χ4n) is 2.08.